The van der Waals surface area contributed by atoms with Gasteiger partial charge in [-0.15, -0.1) is 0 Å². The van der Waals surface area contributed by atoms with Crippen LogP contribution in [0, 0.1) is 11.3 Å². The predicted octanol–water partition coefficient (Wildman–Crippen LogP) is 2.74. The molecule has 0 aliphatic carbocycles. The maximum atomic E-state index is 12.2. The number of ether oxygens (including phenoxy) is 1. The van der Waals surface area contributed by atoms with Crippen LogP contribution in [0.4, 0.5) is 0 Å². The number of nitrogens with one attached hydrogen (secondary N) is 1. The van der Waals surface area contributed by atoms with E-state index in [2.05, 4.69) is 19.2 Å². The van der Waals surface area contributed by atoms with Crippen molar-refractivity contribution in [3.63, 3.8) is 0 Å². The van der Waals surface area contributed by atoms with E-state index in [1.807, 2.05) is 25.7 Å². The molecule has 0 saturated carbocycles. The zero-order chi connectivity index (χ0) is 18.0. The van der Waals surface area contributed by atoms with E-state index in [0.717, 1.165) is 38.8 Å². The first-order chi connectivity index (χ1) is 11.1. The van der Waals surface area contributed by atoms with Crippen LogP contribution in [-0.2, 0) is 14.3 Å². The van der Waals surface area contributed by atoms with Crippen LogP contribution in [0.1, 0.15) is 66.7 Å². The van der Waals surface area contributed by atoms with E-state index in [4.69, 9.17) is 4.74 Å². The van der Waals surface area contributed by atoms with Crippen LogP contribution >= 0.6 is 0 Å². The fraction of sp³-hybridized carbons (Fsp3) is 0.895. The summed E-state index contributed by atoms with van der Waals surface area (Å²) >= 11 is 0. The Bertz CT molecular complexity index is 460. The Morgan fingerprint density at radius 1 is 1.21 bits per heavy atom. The van der Waals surface area contributed by atoms with Crippen molar-refractivity contribution in [3.05, 3.63) is 0 Å². The number of carbonyl (C=O) groups excluding carboxylic acids is 2. The van der Waals surface area contributed by atoms with Gasteiger partial charge in [0.25, 0.3) is 0 Å². The number of amides is 2. The second kappa shape index (κ2) is 7.42. The molecule has 2 aliphatic heterocycles. The smallest absolute Gasteiger partial charge is 0.225 e. The lowest BCUT2D eigenvalue weighted by Crippen LogP contribution is -2.47. The van der Waals surface area contributed by atoms with Crippen molar-refractivity contribution in [1.29, 1.82) is 0 Å². The van der Waals surface area contributed by atoms with Gasteiger partial charge in [-0.2, -0.15) is 0 Å². The van der Waals surface area contributed by atoms with E-state index in [1.165, 1.54) is 0 Å². The van der Waals surface area contributed by atoms with Crippen LogP contribution in [0.2, 0.25) is 0 Å². The number of rotatable bonds is 4. The van der Waals surface area contributed by atoms with Gasteiger partial charge in [0, 0.05) is 31.5 Å². The molecule has 1 N–H and O–H groups in total. The van der Waals surface area contributed by atoms with Crippen molar-refractivity contribution in [1.82, 2.24) is 10.2 Å². The van der Waals surface area contributed by atoms with Gasteiger partial charge in [-0.1, -0.05) is 34.6 Å². The molecule has 138 valence electrons. The van der Waals surface area contributed by atoms with E-state index >= 15 is 0 Å². The molecule has 24 heavy (non-hydrogen) atoms. The molecule has 0 aromatic rings. The summed E-state index contributed by atoms with van der Waals surface area (Å²) in [6, 6.07) is 0. The fourth-order valence-electron chi connectivity index (χ4n) is 3.52. The SMILES string of the molecule is CC(C)CC(=O)N1CCC2(CCC(CNC(=O)C(C)(C)C)O2)CC1. The summed E-state index contributed by atoms with van der Waals surface area (Å²) in [4.78, 5) is 26.2. The number of hydrogen-bond acceptors (Lipinski definition) is 3. The van der Waals surface area contributed by atoms with Gasteiger partial charge in [0.2, 0.25) is 11.8 Å². The zero-order valence-electron chi connectivity index (χ0n) is 16.0. The highest BCUT2D eigenvalue weighted by molar-refractivity contribution is 5.81. The van der Waals surface area contributed by atoms with Crippen LogP contribution in [0.15, 0.2) is 0 Å². The first kappa shape index (κ1) is 19.2. The molecule has 1 atom stereocenters. The van der Waals surface area contributed by atoms with Gasteiger partial charge in [-0.3, -0.25) is 9.59 Å². The quantitative estimate of drug-likeness (QED) is 0.857. The van der Waals surface area contributed by atoms with Gasteiger partial charge in [-0.05, 0) is 31.6 Å². The third-order valence-electron chi connectivity index (χ3n) is 5.12. The molecule has 0 aromatic carbocycles. The second-order valence-electron chi connectivity index (χ2n) is 8.90. The molecule has 2 rings (SSSR count). The van der Waals surface area contributed by atoms with Crippen LogP contribution in [-0.4, -0.2) is 48.1 Å². The summed E-state index contributed by atoms with van der Waals surface area (Å²) in [5.74, 6) is 0.750. The Labute approximate surface area is 146 Å². The van der Waals surface area contributed by atoms with Crippen LogP contribution in [0.25, 0.3) is 0 Å². The van der Waals surface area contributed by atoms with Crippen LogP contribution in [0.3, 0.4) is 0 Å². The second-order valence-corrected chi connectivity index (χ2v) is 8.90. The monoisotopic (exact) mass is 338 g/mol. The van der Waals surface area contributed by atoms with Gasteiger partial charge in [0.1, 0.15) is 0 Å². The standard InChI is InChI=1S/C19H34N2O3/c1-14(2)12-16(22)21-10-8-19(9-11-21)7-6-15(24-19)13-20-17(23)18(3,4)5/h14-15H,6-13H2,1-5H3,(H,20,23). The summed E-state index contributed by atoms with van der Waals surface area (Å²) in [5, 5.41) is 3.01. The maximum Gasteiger partial charge on any atom is 0.225 e. The van der Waals surface area contributed by atoms with E-state index in [9.17, 15) is 9.59 Å². The first-order valence-electron chi connectivity index (χ1n) is 9.35. The minimum absolute atomic E-state index is 0.0705. The Morgan fingerprint density at radius 3 is 2.38 bits per heavy atom. The highest BCUT2D eigenvalue weighted by Crippen LogP contribution is 2.39. The van der Waals surface area contributed by atoms with Gasteiger partial charge in [0.15, 0.2) is 0 Å². The Balaban J connectivity index is 1.77. The van der Waals surface area contributed by atoms with Gasteiger partial charge in [0.05, 0.1) is 11.7 Å². The fourth-order valence-corrected chi connectivity index (χ4v) is 3.52. The minimum atomic E-state index is -0.363. The summed E-state index contributed by atoms with van der Waals surface area (Å²) in [6.45, 7) is 12.1. The Hall–Kier alpha value is -1.10. The summed E-state index contributed by atoms with van der Waals surface area (Å²) < 4.78 is 6.31. The average molecular weight is 338 g/mol. The molecular weight excluding hydrogens is 304 g/mol. The lowest BCUT2D eigenvalue weighted by Gasteiger charge is -2.39. The molecule has 2 heterocycles. The first-order valence-corrected chi connectivity index (χ1v) is 9.35. The van der Waals surface area contributed by atoms with E-state index in [0.29, 0.717) is 18.9 Å². The third kappa shape index (κ3) is 4.95. The molecule has 5 nitrogen and oxygen atoms in total. The van der Waals surface area contributed by atoms with Gasteiger partial charge < -0.3 is 15.0 Å². The lowest BCUT2D eigenvalue weighted by atomic mass is 9.88. The number of carbonyl (C=O) groups is 2. The molecule has 1 spiro atoms. The molecule has 0 radical (unpaired) electrons. The van der Waals surface area contributed by atoms with Crippen molar-refractivity contribution < 1.29 is 14.3 Å². The molecule has 2 saturated heterocycles. The van der Waals surface area contributed by atoms with E-state index in [-0.39, 0.29) is 28.9 Å². The molecule has 5 heteroatoms. The largest absolute Gasteiger partial charge is 0.370 e. The van der Waals surface area contributed by atoms with Crippen LogP contribution < -0.4 is 5.32 Å². The van der Waals surface area contributed by atoms with Crippen molar-refractivity contribution in [2.45, 2.75) is 78.4 Å². The lowest BCUT2D eigenvalue weighted by molar-refractivity contribution is -0.139. The molecule has 2 aliphatic rings. The third-order valence-corrected chi connectivity index (χ3v) is 5.12. The van der Waals surface area contributed by atoms with Gasteiger partial charge >= 0.3 is 0 Å². The topological polar surface area (TPSA) is 58.6 Å². The van der Waals surface area contributed by atoms with Crippen molar-refractivity contribution in [2.75, 3.05) is 19.6 Å². The number of nitrogens with zero attached hydrogens (tertiary/aromatic N) is 1. The Morgan fingerprint density at radius 2 is 1.83 bits per heavy atom. The number of piperidine rings is 1. The summed E-state index contributed by atoms with van der Waals surface area (Å²) in [5.41, 5.74) is -0.440. The van der Waals surface area contributed by atoms with E-state index in [1.54, 1.807) is 0 Å². The normalized spacial score (nSPS) is 23.8. The van der Waals surface area contributed by atoms with Crippen molar-refractivity contribution >= 4 is 11.8 Å². The summed E-state index contributed by atoms with van der Waals surface area (Å²) in [6.07, 6.45) is 4.60. The zero-order valence-corrected chi connectivity index (χ0v) is 16.0. The summed E-state index contributed by atoms with van der Waals surface area (Å²) in [7, 11) is 0. The number of hydrogen-bond donors (Lipinski definition) is 1. The number of likely N-dealkylation sites (tertiary alicyclic amines) is 1. The minimum Gasteiger partial charge on any atom is -0.370 e. The van der Waals surface area contributed by atoms with Crippen molar-refractivity contribution in [2.24, 2.45) is 11.3 Å². The average Bonchev–Trinajstić information content (AvgIpc) is 2.86. The molecular formula is C19H34N2O3. The highest BCUT2D eigenvalue weighted by atomic mass is 16.5. The molecule has 0 bridgehead atoms. The molecule has 2 fully saturated rings. The Kier molecular flexibility index (Phi) is 5.95. The highest BCUT2D eigenvalue weighted by Gasteiger charge is 2.43. The molecule has 1 unspecified atom stereocenters. The molecule has 2 amide bonds. The van der Waals surface area contributed by atoms with Crippen molar-refractivity contribution in [3.8, 4) is 0 Å². The van der Waals surface area contributed by atoms with Crippen LogP contribution in [0.5, 0.6) is 0 Å². The van der Waals surface area contributed by atoms with Gasteiger partial charge in [-0.25, -0.2) is 0 Å². The van der Waals surface area contributed by atoms with E-state index < -0.39 is 0 Å². The predicted molar refractivity (Wildman–Crippen MR) is 94.6 cm³/mol. The maximum absolute atomic E-state index is 12.2. The molecule has 0 aromatic heterocycles.